The molecule has 4 rings (SSSR count). The van der Waals surface area contributed by atoms with Gasteiger partial charge in [0.25, 0.3) is 0 Å². The van der Waals surface area contributed by atoms with Crippen LogP contribution in [0.5, 0.6) is 11.5 Å². The van der Waals surface area contributed by atoms with E-state index >= 15 is 0 Å². The van der Waals surface area contributed by atoms with Crippen LogP contribution < -0.4 is 9.47 Å². The summed E-state index contributed by atoms with van der Waals surface area (Å²) in [4.78, 5) is 2.47. The number of hydrogen-bond donors (Lipinski definition) is 1. The van der Waals surface area contributed by atoms with Gasteiger partial charge in [0.2, 0.25) is 0 Å². The summed E-state index contributed by atoms with van der Waals surface area (Å²) in [5.74, 6) is 1.86. The highest BCUT2D eigenvalue weighted by Gasteiger charge is 2.12. The Morgan fingerprint density at radius 3 is 2.42 bits per heavy atom. The highest BCUT2D eigenvalue weighted by Crippen LogP contribution is 2.31. The van der Waals surface area contributed by atoms with Crippen molar-refractivity contribution in [3.63, 3.8) is 0 Å². The molecule has 3 aromatic rings. The Morgan fingerprint density at radius 1 is 0.806 bits per heavy atom. The van der Waals surface area contributed by atoms with Crippen molar-refractivity contribution in [1.29, 1.82) is 0 Å². The molecule has 3 aromatic carbocycles. The van der Waals surface area contributed by atoms with Crippen molar-refractivity contribution in [2.45, 2.75) is 32.1 Å². The summed E-state index contributed by atoms with van der Waals surface area (Å²) in [5.41, 5.74) is 2.45. The zero-order chi connectivity index (χ0) is 21.3. The fourth-order valence-corrected chi connectivity index (χ4v) is 4.24. The molecule has 4 heteroatoms. The van der Waals surface area contributed by atoms with Crippen molar-refractivity contribution >= 4 is 10.8 Å². The maximum absolute atomic E-state index is 9.02. The molecule has 1 aliphatic heterocycles. The van der Waals surface area contributed by atoms with E-state index in [1.807, 2.05) is 0 Å². The lowest BCUT2D eigenvalue weighted by atomic mass is 9.97. The zero-order valence-corrected chi connectivity index (χ0v) is 18.3. The SMILES string of the molecule is OCCCCOc1ccc2ccccc2c1Cc1ccc(OCCN2CCCC2)cc1. The average Bonchev–Trinajstić information content (AvgIpc) is 3.32. The van der Waals surface area contributed by atoms with Crippen molar-refractivity contribution in [1.82, 2.24) is 4.90 Å². The quantitative estimate of drug-likeness (QED) is 0.441. The van der Waals surface area contributed by atoms with Gasteiger partial charge in [-0.1, -0.05) is 42.5 Å². The topological polar surface area (TPSA) is 41.9 Å². The molecular formula is C27H33NO3. The standard InChI is InChI=1S/C27H33NO3/c29-18-5-6-19-31-27-14-11-23-7-1-2-8-25(23)26(27)21-22-9-12-24(13-10-22)30-20-17-28-15-3-4-16-28/h1-2,7-14,29H,3-6,15-21H2. The Morgan fingerprint density at radius 2 is 1.61 bits per heavy atom. The lowest BCUT2D eigenvalue weighted by molar-refractivity contribution is 0.238. The van der Waals surface area contributed by atoms with Crippen molar-refractivity contribution in [2.24, 2.45) is 0 Å². The third-order valence-corrected chi connectivity index (χ3v) is 5.99. The Balaban J connectivity index is 1.43. The van der Waals surface area contributed by atoms with Gasteiger partial charge in [0.1, 0.15) is 18.1 Å². The van der Waals surface area contributed by atoms with Gasteiger partial charge in [-0.2, -0.15) is 0 Å². The van der Waals surface area contributed by atoms with Crippen molar-refractivity contribution in [3.05, 3.63) is 71.8 Å². The summed E-state index contributed by atoms with van der Waals surface area (Å²) >= 11 is 0. The molecule has 0 bridgehead atoms. The first-order chi connectivity index (χ1) is 15.3. The van der Waals surface area contributed by atoms with E-state index in [4.69, 9.17) is 14.6 Å². The van der Waals surface area contributed by atoms with Gasteiger partial charge in [0, 0.05) is 25.1 Å². The minimum atomic E-state index is 0.209. The summed E-state index contributed by atoms with van der Waals surface area (Å²) in [6.45, 7) is 4.99. The summed E-state index contributed by atoms with van der Waals surface area (Å²) in [7, 11) is 0. The van der Waals surface area contributed by atoms with Crippen molar-refractivity contribution < 1.29 is 14.6 Å². The van der Waals surface area contributed by atoms with Crippen LogP contribution in [0.2, 0.25) is 0 Å². The molecule has 164 valence electrons. The molecule has 0 saturated carbocycles. The molecule has 1 heterocycles. The molecular weight excluding hydrogens is 386 g/mol. The zero-order valence-electron chi connectivity index (χ0n) is 18.3. The first-order valence-corrected chi connectivity index (χ1v) is 11.5. The van der Waals surface area contributed by atoms with E-state index in [2.05, 4.69) is 65.6 Å². The molecule has 1 N–H and O–H groups in total. The smallest absolute Gasteiger partial charge is 0.123 e. The average molecular weight is 420 g/mol. The highest BCUT2D eigenvalue weighted by atomic mass is 16.5. The van der Waals surface area contributed by atoms with Gasteiger partial charge in [0.15, 0.2) is 0 Å². The number of fused-ring (bicyclic) bond motifs is 1. The van der Waals surface area contributed by atoms with Gasteiger partial charge in [-0.25, -0.2) is 0 Å². The van der Waals surface area contributed by atoms with Gasteiger partial charge in [-0.05, 0) is 73.3 Å². The summed E-state index contributed by atoms with van der Waals surface area (Å²) in [5, 5.41) is 11.5. The maximum Gasteiger partial charge on any atom is 0.123 e. The van der Waals surface area contributed by atoms with Crippen LogP contribution in [-0.2, 0) is 6.42 Å². The normalized spacial score (nSPS) is 14.2. The van der Waals surface area contributed by atoms with Crippen LogP contribution in [0.15, 0.2) is 60.7 Å². The van der Waals surface area contributed by atoms with Crippen LogP contribution in [0, 0.1) is 0 Å². The third kappa shape index (κ3) is 5.99. The van der Waals surface area contributed by atoms with Crippen LogP contribution in [0.25, 0.3) is 10.8 Å². The first kappa shape index (κ1) is 21.7. The van der Waals surface area contributed by atoms with Gasteiger partial charge in [-0.3, -0.25) is 4.90 Å². The van der Waals surface area contributed by atoms with Crippen molar-refractivity contribution in [2.75, 3.05) is 39.5 Å². The fourth-order valence-electron chi connectivity index (χ4n) is 4.24. The number of benzene rings is 3. The van der Waals surface area contributed by atoms with Crippen LogP contribution in [0.3, 0.4) is 0 Å². The van der Waals surface area contributed by atoms with E-state index in [1.165, 1.54) is 47.8 Å². The Labute approximate surface area is 185 Å². The van der Waals surface area contributed by atoms with Gasteiger partial charge in [0.05, 0.1) is 6.61 Å². The molecule has 0 amide bonds. The molecule has 0 atom stereocenters. The summed E-state index contributed by atoms with van der Waals surface area (Å²) in [6, 6.07) is 21.1. The Bertz CT molecular complexity index is 948. The highest BCUT2D eigenvalue weighted by molar-refractivity contribution is 5.88. The predicted molar refractivity (Wildman–Crippen MR) is 126 cm³/mol. The van der Waals surface area contributed by atoms with Gasteiger partial charge < -0.3 is 14.6 Å². The van der Waals surface area contributed by atoms with Crippen LogP contribution in [0.1, 0.15) is 36.8 Å². The van der Waals surface area contributed by atoms with E-state index in [0.717, 1.165) is 43.9 Å². The lowest BCUT2D eigenvalue weighted by Gasteiger charge is -2.16. The van der Waals surface area contributed by atoms with E-state index in [-0.39, 0.29) is 6.61 Å². The van der Waals surface area contributed by atoms with Gasteiger partial charge in [-0.15, -0.1) is 0 Å². The second kappa shape index (κ2) is 11.2. The molecule has 1 saturated heterocycles. The number of likely N-dealkylation sites (tertiary alicyclic amines) is 1. The number of ether oxygens (including phenoxy) is 2. The largest absolute Gasteiger partial charge is 0.493 e. The number of aliphatic hydroxyl groups excluding tert-OH is 1. The lowest BCUT2D eigenvalue weighted by Crippen LogP contribution is -2.25. The molecule has 0 spiro atoms. The van der Waals surface area contributed by atoms with Crippen molar-refractivity contribution in [3.8, 4) is 11.5 Å². The second-order valence-electron chi connectivity index (χ2n) is 8.26. The number of unbranched alkanes of at least 4 members (excludes halogenated alkanes) is 1. The molecule has 0 unspecified atom stereocenters. The Kier molecular flexibility index (Phi) is 7.81. The second-order valence-corrected chi connectivity index (χ2v) is 8.26. The number of rotatable bonds is 11. The molecule has 4 nitrogen and oxygen atoms in total. The number of hydrogen-bond acceptors (Lipinski definition) is 4. The molecule has 0 aliphatic carbocycles. The van der Waals surface area contributed by atoms with Crippen LogP contribution in [0.4, 0.5) is 0 Å². The van der Waals surface area contributed by atoms with E-state index < -0.39 is 0 Å². The summed E-state index contributed by atoms with van der Waals surface area (Å²) < 4.78 is 12.1. The monoisotopic (exact) mass is 419 g/mol. The first-order valence-electron chi connectivity index (χ1n) is 11.5. The molecule has 0 radical (unpaired) electrons. The molecule has 1 fully saturated rings. The molecule has 1 aliphatic rings. The number of nitrogens with zero attached hydrogens (tertiary/aromatic N) is 1. The fraction of sp³-hybridized carbons (Fsp3) is 0.407. The summed E-state index contributed by atoms with van der Waals surface area (Å²) in [6.07, 6.45) is 5.06. The molecule has 31 heavy (non-hydrogen) atoms. The molecule has 0 aromatic heterocycles. The third-order valence-electron chi connectivity index (χ3n) is 5.99. The predicted octanol–water partition coefficient (Wildman–Crippen LogP) is 5.06. The van der Waals surface area contributed by atoms with Crippen LogP contribution >= 0.6 is 0 Å². The minimum Gasteiger partial charge on any atom is -0.493 e. The van der Waals surface area contributed by atoms with Crippen LogP contribution in [-0.4, -0.2) is 49.5 Å². The minimum absolute atomic E-state index is 0.209. The van der Waals surface area contributed by atoms with E-state index in [0.29, 0.717) is 6.61 Å². The maximum atomic E-state index is 9.02. The van der Waals surface area contributed by atoms with E-state index in [1.54, 1.807) is 0 Å². The Hall–Kier alpha value is -2.56. The van der Waals surface area contributed by atoms with Gasteiger partial charge >= 0.3 is 0 Å². The number of aliphatic hydroxyl groups is 1. The van der Waals surface area contributed by atoms with E-state index in [9.17, 15) is 0 Å².